The van der Waals surface area contributed by atoms with Crippen LogP contribution in [0.2, 0.25) is 0 Å². The monoisotopic (exact) mass is 318 g/mol. The molecule has 0 saturated carbocycles. The van der Waals surface area contributed by atoms with Gasteiger partial charge in [-0.05, 0) is 18.6 Å². The summed E-state index contributed by atoms with van der Waals surface area (Å²) < 4.78 is 26.5. The zero-order valence-electron chi connectivity index (χ0n) is 11.1. The Hall–Kier alpha value is -1.09. The summed E-state index contributed by atoms with van der Waals surface area (Å²) in [6.07, 6.45) is 0. The molecule has 0 aliphatic carbocycles. The second kappa shape index (κ2) is 7.63. The van der Waals surface area contributed by atoms with E-state index in [4.69, 9.17) is 10.8 Å². The third kappa shape index (κ3) is 5.12. The standard InChI is InChI=1S/C12H18N2O4S2/c1-9-4-2-3-5-11(9)20(17,18)14-6-7-19-8-10(13)12(15)16/h2-5,10,14H,6-8,13H2,1H3,(H,15,16)/t10-/m0/s1. The topological polar surface area (TPSA) is 109 Å². The van der Waals surface area contributed by atoms with Gasteiger partial charge in [-0.2, -0.15) is 11.8 Å². The van der Waals surface area contributed by atoms with Gasteiger partial charge in [0.25, 0.3) is 0 Å². The zero-order valence-corrected chi connectivity index (χ0v) is 12.7. The number of thioether (sulfide) groups is 1. The molecular weight excluding hydrogens is 300 g/mol. The van der Waals surface area contributed by atoms with Crippen molar-refractivity contribution in [1.82, 2.24) is 4.72 Å². The second-order valence-corrected chi connectivity index (χ2v) is 7.07. The van der Waals surface area contributed by atoms with Crippen molar-refractivity contribution in [2.75, 3.05) is 18.1 Å². The number of hydrogen-bond donors (Lipinski definition) is 3. The molecule has 0 fully saturated rings. The van der Waals surface area contributed by atoms with Crippen molar-refractivity contribution in [2.24, 2.45) is 5.73 Å². The van der Waals surface area contributed by atoms with E-state index in [1.165, 1.54) is 11.8 Å². The maximum absolute atomic E-state index is 12.0. The predicted molar refractivity (Wildman–Crippen MR) is 79.3 cm³/mol. The average Bonchev–Trinajstić information content (AvgIpc) is 2.38. The van der Waals surface area contributed by atoms with E-state index in [9.17, 15) is 13.2 Å². The van der Waals surface area contributed by atoms with Crippen molar-refractivity contribution in [3.63, 3.8) is 0 Å². The molecule has 0 aliphatic rings. The number of rotatable bonds is 8. The smallest absolute Gasteiger partial charge is 0.321 e. The highest BCUT2D eigenvalue weighted by molar-refractivity contribution is 7.99. The first-order chi connectivity index (χ1) is 9.34. The molecule has 0 unspecified atom stereocenters. The molecule has 0 aliphatic heterocycles. The molecule has 0 radical (unpaired) electrons. The van der Waals surface area contributed by atoms with Crippen LogP contribution in [0.3, 0.4) is 0 Å². The fraction of sp³-hybridized carbons (Fsp3) is 0.417. The first kappa shape index (κ1) is 17.0. The van der Waals surface area contributed by atoms with Crippen molar-refractivity contribution >= 4 is 27.8 Å². The summed E-state index contributed by atoms with van der Waals surface area (Å²) >= 11 is 1.30. The summed E-state index contributed by atoms with van der Waals surface area (Å²) in [7, 11) is -3.52. The van der Waals surface area contributed by atoms with Crippen LogP contribution < -0.4 is 10.5 Å². The molecule has 112 valence electrons. The highest BCUT2D eigenvalue weighted by Gasteiger charge is 2.15. The minimum Gasteiger partial charge on any atom is -0.480 e. The van der Waals surface area contributed by atoms with Gasteiger partial charge in [-0.15, -0.1) is 0 Å². The lowest BCUT2D eigenvalue weighted by molar-refractivity contribution is -0.137. The van der Waals surface area contributed by atoms with Crippen LogP contribution in [0.25, 0.3) is 0 Å². The van der Waals surface area contributed by atoms with Crippen molar-refractivity contribution in [3.8, 4) is 0 Å². The van der Waals surface area contributed by atoms with E-state index in [0.717, 1.165) is 0 Å². The van der Waals surface area contributed by atoms with Gasteiger partial charge in [-0.1, -0.05) is 18.2 Å². The van der Waals surface area contributed by atoms with Crippen LogP contribution in [0.5, 0.6) is 0 Å². The highest BCUT2D eigenvalue weighted by atomic mass is 32.2. The Balaban J connectivity index is 2.42. The lowest BCUT2D eigenvalue weighted by Crippen LogP contribution is -2.33. The molecule has 8 heteroatoms. The summed E-state index contributed by atoms with van der Waals surface area (Å²) in [4.78, 5) is 10.8. The minimum absolute atomic E-state index is 0.230. The van der Waals surface area contributed by atoms with Crippen molar-refractivity contribution in [1.29, 1.82) is 0 Å². The average molecular weight is 318 g/mol. The van der Waals surface area contributed by atoms with Crippen LogP contribution in [-0.4, -0.2) is 43.6 Å². The van der Waals surface area contributed by atoms with E-state index in [1.54, 1.807) is 31.2 Å². The van der Waals surface area contributed by atoms with Crippen LogP contribution in [-0.2, 0) is 14.8 Å². The fourth-order valence-electron chi connectivity index (χ4n) is 1.47. The van der Waals surface area contributed by atoms with E-state index in [1.807, 2.05) is 0 Å². The van der Waals surface area contributed by atoms with Gasteiger partial charge < -0.3 is 10.8 Å². The molecule has 1 rings (SSSR count). The lowest BCUT2D eigenvalue weighted by Gasteiger charge is -2.09. The molecule has 20 heavy (non-hydrogen) atoms. The first-order valence-corrected chi connectivity index (χ1v) is 8.60. The van der Waals surface area contributed by atoms with Gasteiger partial charge >= 0.3 is 5.97 Å². The van der Waals surface area contributed by atoms with Gasteiger partial charge in [0.15, 0.2) is 0 Å². The fourth-order valence-corrected chi connectivity index (χ4v) is 3.68. The first-order valence-electron chi connectivity index (χ1n) is 5.96. The Morgan fingerprint density at radius 1 is 1.45 bits per heavy atom. The van der Waals surface area contributed by atoms with Gasteiger partial charge in [0, 0.05) is 18.1 Å². The molecule has 0 amide bonds. The normalized spacial score (nSPS) is 13.1. The minimum atomic E-state index is -3.52. The number of sulfonamides is 1. The highest BCUT2D eigenvalue weighted by Crippen LogP contribution is 2.13. The molecule has 1 aromatic rings. The summed E-state index contributed by atoms with van der Waals surface area (Å²) in [6, 6.07) is 5.80. The SMILES string of the molecule is Cc1ccccc1S(=O)(=O)NCCSC[C@H](N)C(=O)O. The molecule has 6 nitrogen and oxygen atoms in total. The van der Waals surface area contributed by atoms with Gasteiger partial charge in [0.2, 0.25) is 10.0 Å². The van der Waals surface area contributed by atoms with Crippen molar-refractivity contribution < 1.29 is 18.3 Å². The molecule has 1 aromatic carbocycles. The third-order valence-corrected chi connectivity index (χ3v) is 5.25. The van der Waals surface area contributed by atoms with Crippen LogP contribution in [0.4, 0.5) is 0 Å². The number of aryl methyl sites for hydroxylation is 1. The third-order valence-electron chi connectivity index (χ3n) is 2.54. The van der Waals surface area contributed by atoms with Crippen LogP contribution in [0.1, 0.15) is 5.56 Å². The van der Waals surface area contributed by atoms with E-state index in [0.29, 0.717) is 11.3 Å². The van der Waals surface area contributed by atoms with Gasteiger partial charge in [-0.25, -0.2) is 13.1 Å². The molecule has 0 heterocycles. The van der Waals surface area contributed by atoms with E-state index < -0.39 is 22.0 Å². The molecule has 1 atom stereocenters. The number of nitrogens with one attached hydrogen (secondary N) is 1. The summed E-state index contributed by atoms with van der Waals surface area (Å²) in [5.41, 5.74) is 6.02. The van der Waals surface area contributed by atoms with E-state index >= 15 is 0 Å². The quantitative estimate of drug-likeness (QED) is 0.599. The number of carbonyl (C=O) groups is 1. The number of carboxylic acid groups (broad SMARTS) is 1. The lowest BCUT2D eigenvalue weighted by atomic mass is 10.2. The Morgan fingerprint density at radius 3 is 2.70 bits per heavy atom. The van der Waals surface area contributed by atoms with E-state index in [-0.39, 0.29) is 17.2 Å². The van der Waals surface area contributed by atoms with Gasteiger partial charge in [-0.3, -0.25) is 4.79 Å². The second-order valence-electron chi connectivity index (χ2n) is 4.18. The van der Waals surface area contributed by atoms with Gasteiger partial charge in [0.1, 0.15) is 6.04 Å². The summed E-state index contributed by atoms with van der Waals surface area (Å²) in [5.74, 6) is -0.342. The van der Waals surface area contributed by atoms with Crippen LogP contribution in [0, 0.1) is 6.92 Å². The Morgan fingerprint density at radius 2 is 2.10 bits per heavy atom. The number of hydrogen-bond acceptors (Lipinski definition) is 5. The maximum Gasteiger partial charge on any atom is 0.321 e. The largest absolute Gasteiger partial charge is 0.480 e. The summed E-state index contributed by atoms with van der Waals surface area (Å²) in [5, 5.41) is 8.60. The molecule has 0 saturated heterocycles. The van der Waals surface area contributed by atoms with Crippen LogP contribution in [0.15, 0.2) is 29.2 Å². The number of benzene rings is 1. The molecule has 0 spiro atoms. The molecule has 4 N–H and O–H groups in total. The molecular formula is C12H18N2O4S2. The molecule has 0 aromatic heterocycles. The Kier molecular flexibility index (Phi) is 6.47. The van der Waals surface area contributed by atoms with E-state index in [2.05, 4.69) is 4.72 Å². The maximum atomic E-state index is 12.0. The molecule has 0 bridgehead atoms. The predicted octanol–water partition coefficient (Wildman–Crippen LogP) is 0.418. The zero-order chi connectivity index (χ0) is 15.2. The van der Waals surface area contributed by atoms with Gasteiger partial charge in [0.05, 0.1) is 4.90 Å². The number of aliphatic carboxylic acids is 1. The summed E-state index contributed by atoms with van der Waals surface area (Å²) in [6.45, 7) is 1.96. The van der Waals surface area contributed by atoms with Crippen molar-refractivity contribution in [2.45, 2.75) is 17.9 Å². The van der Waals surface area contributed by atoms with Crippen molar-refractivity contribution in [3.05, 3.63) is 29.8 Å². The Labute approximate surface area is 122 Å². The van der Waals surface area contributed by atoms with Crippen LogP contribution >= 0.6 is 11.8 Å². The Bertz CT molecular complexity index is 560. The number of nitrogens with two attached hydrogens (primary N) is 1. The number of carboxylic acids is 1.